The second-order valence-corrected chi connectivity index (χ2v) is 11.7. The fraction of sp³-hybridized carbons (Fsp3) is 0.188. The molecule has 1 N–H and O–H groups in total. The first-order valence-electron chi connectivity index (χ1n) is 13.1. The molecule has 40 heavy (non-hydrogen) atoms. The van der Waals surface area contributed by atoms with Crippen LogP contribution in [-0.4, -0.2) is 24.7 Å². The highest BCUT2D eigenvalue weighted by Gasteiger charge is 2.20. The molecule has 0 aliphatic heterocycles. The maximum absolute atomic E-state index is 13.8. The van der Waals surface area contributed by atoms with Gasteiger partial charge in [0.25, 0.3) is 5.56 Å². The van der Waals surface area contributed by atoms with Gasteiger partial charge in [0.1, 0.15) is 11.0 Å². The highest BCUT2D eigenvalue weighted by atomic mass is 32.2. The molecule has 0 bridgehead atoms. The molecule has 0 atom stereocenters. The molecule has 3 aromatic carbocycles. The Kier molecular flexibility index (Phi) is 6.64. The number of rotatable bonds is 6. The second-order valence-electron chi connectivity index (χ2n) is 10.8. The van der Waals surface area contributed by atoms with E-state index in [0.29, 0.717) is 33.7 Å². The Labute approximate surface area is 236 Å². The molecule has 6 aromatic rings. The Hall–Kier alpha value is -4.43. The normalized spacial score (nSPS) is 11.8. The van der Waals surface area contributed by atoms with Gasteiger partial charge in [0, 0.05) is 17.3 Å². The summed E-state index contributed by atoms with van der Waals surface area (Å²) in [5.41, 5.74) is 6.81. The van der Waals surface area contributed by atoms with Gasteiger partial charge in [0.05, 0.1) is 11.4 Å². The maximum atomic E-state index is 13.8. The van der Waals surface area contributed by atoms with Crippen LogP contribution in [0.3, 0.4) is 0 Å². The third-order valence-electron chi connectivity index (χ3n) is 6.82. The second kappa shape index (κ2) is 10.3. The topological polar surface area (TPSA) is 89.6 Å². The molecular weight excluding hydrogens is 518 g/mol. The monoisotopic (exact) mass is 547 g/mol. The number of thioether (sulfide) groups is 1. The van der Waals surface area contributed by atoms with E-state index in [2.05, 4.69) is 48.0 Å². The summed E-state index contributed by atoms with van der Waals surface area (Å²) in [6, 6.07) is 26.0. The van der Waals surface area contributed by atoms with Crippen LogP contribution < -0.4 is 5.56 Å². The molecule has 3 heterocycles. The number of H-pyrrole nitrogens is 1. The van der Waals surface area contributed by atoms with E-state index < -0.39 is 0 Å². The van der Waals surface area contributed by atoms with Crippen molar-refractivity contribution in [3.63, 3.8) is 0 Å². The van der Waals surface area contributed by atoms with Crippen LogP contribution in [0.2, 0.25) is 0 Å². The molecule has 0 radical (unpaired) electrons. The van der Waals surface area contributed by atoms with Crippen molar-refractivity contribution in [2.45, 2.75) is 44.0 Å². The first kappa shape index (κ1) is 25.8. The number of hydrogen-bond donors (Lipinski definition) is 1. The minimum Gasteiger partial charge on any atom is -0.355 e. The minimum absolute atomic E-state index is 0.0681. The smallest absolute Gasteiger partial charge is 0.283 e. The Morgan fingerprint density at radius 2 is 1.70 bits per heavy atom. The molecule has 0 aliphatic carbocycles. The number of fused-ring (bicyclic) bond motifs is 1. The van der Waals surface area contributed by atoms with Crippen LogP contribution in [0.25, 0.3) is 39.2 Å². The van der Waals surface area contributed by atoms with Crippen molar-refractivity contribution in [2.24, 2.45) is 0 Å². The Balaban J connectivity index is 1.37. The van der Waals surface area contributed by atoms with Crippen LogP contribution in [0.5, 0.6) is 0 Å². The number of aromatic amines is 1. The standard InChI is InChI=1S/C32H29N5O2S/c1-20-9-8-12-24(17-20)37-30(38)28-27(25(18-33-28)21-10-6-5-7-11-21)35-31(37)40-19-26-34-29(36-39-26)22-13-15-23(16-14-22)32(2,3)4/h5-18,33H,19H2,1-4H3. The zero-order valence-electron chi connectivity index (χ0n) is 22.8. The van der Waals surface area contributed by atoms with Gasteiger partial charge in [-0.3, -0.25) is 9.36 Å². The van der Waals surface area contributed by atoms with Gasteiger partial charge < -0.3 is 9.51 Å². The third kappa shape index (κ3) is 4.98. The molecule has 0 saturated carbocycles. The SMILES string of the molecule is Cc1cccc(-n2c(SCc3nc(-c4ccc(C(C)(C)C)cc4)no3)nc3c(-c4ccccc4)c[nH]c3c2=O)c1. The van der Waals surface area contributed by atoms with Crippen molar-refractivity contribution >= 4 is 22.8 Å². The van der Waals surface area contributed by atoms with Crippen LogP contribution in [-0.2, 0) is 11.2 Å². The molecule has 0 amide bonds. The summed E-state index contributed by atoms with van der Waals surface area (Å²) in [4.78, 5) is 26.6. The molecule has 200 valence electrons. The van der Waals surface area contributed by atoms with E-state index in [9.17, 15) is 4.79 Å². The highest BCUT2D eigenvalue weighted by molar-refractivity contribution is 7.98. The number of nitrogens with zero attached hydrogens (tertiary/aromatic N) is 4. The fourth-order valence-electron chi connectivity index (χ4n) is 4.64. The van der Waals surface area contributed by atoms with Gasteiger partial charge in [-0.05, 0) is 41.2 Å². The van der Waals surface area contributed by atoms with Gasteiger partial charge >= 0.3 is 0 Å². The summed E-state index contributed by atoms with van der Waals surface area (Å²) in [5.74, 6) is 1.36. The molecule has 0 aliphatic rings. The largest absolute Gasteiger partial charge is 0.355 e. The first-order chi connectivity index (χ1) is 19.3. The fourth-order valence-corrected chi connectivity index (χ4v) is 5.49. The maximum Gasteiger partial charge on any atom is 0.283 e. The molecule has 0 unspecified atom stereocenters. The summed E-state index contributed by atoms with van der Waals surface area (Å²) in [6.45, 7) is 8.56. The van der Waals surface area contributed by atoms with Crippen LogP contribution in [0.1, 0.15) is 37.8 Å². The summed E-state index contributed by atoms with van der Waals surface area (Å²) in [6.07, 6.45) is 1.85. The van der Waals surface area contributed by atoms with E-state index in [1.165, 1.54) is 17.3 Å². The quantitative estimate of drug-likeness (QED) is 0.173. The minimum atomic E-state index is -0.162. The van der Waals surface area contributed by atoms with E-state index in [1.54, 1.807) is 4.57 Å². The van der Waals surface area contributed by atoms with Crippen molar-refractivity contribution in [1.29, 1.82) is 0 Å². The highest BCUT2D eigenvalue weighted by Crippen LogP contribution is 2.31. The average Bonchev–Trinajstić information content (AvgIpc) is 3.60. The van der Waals surface area contributed by atoms with Gasteiger partial charge in [-0.25, -0.2) is 4.98 Å². The van der Waals surface area contributed by atoms with Gasteiger partial charge in [0.2, 0.25) is 11.7 Å². The lowest BCUT2D eigenvalue weighted by atomic mass is 9.87. The zero-order chi connectivity index (χ0) is 27.9. The van der Waals surface area contributed by atoms with Crippen LogP contribution in [0.4, 0.5) is 0 Å². The molecule has 0 saturated heterocycles. The Bertz CT molecular complexity index is 1860. The van der Waals surface area contributed by atoms with Gasteiger partial charge in [0.15, 0.2) is 5.16 Å². The first-order valence-corrected chi connectivity index (χ1v) is 14.1. The van der Waals surface area contributed by atoms with E-state index in [4.69, 9.17) is 9.51 Å². The van der Waals surface area contributed by atoms with Crippen molar-refractivity contribution in [1.82, 2.24) is 24.7 Å². The van der Waals surface area contributed by atoms with Crippen LogP contribution in [0.15, 0.2) is 99.5 Å². The molecule has 3 aromatic heterocycles. The van der Waals surface area contributed by atoms with Crippen LogP contribution >= 0.6 is 11.8 Å². The zero-order valence-corrected chi connectivity index (χ0v) is 23.6. The average molecular weight is 548 g/mol. The van der Waals surface area contributed by atoms with Crippen molar-refractivity contribution in [2.75, 3.05) is 0 Å². The van der Waals surface area contributed by atoms with E-state index in [0.717, 1.165) is 27.9 Å². The van der Waals surface area contributed by atoms with Gasteiger partial charge in [-0.1, -0.05) is 104 Å². The number of benzene rings is 3. The Morgan fingerprint density at radius 1 is 0.925 bits per heavy atom. The number of aromatic nitrogens is 5. The molecule has 0 fully saturated rings. The Morgan fingerprint density at radius 3 is 2.42 bits per heavy atom. The van der Waals surface area contributed by atoms with Crippen molar-refractivity contribution in [3.8, 4) is 28.2 Å². The number of aryl methyl sites for hydroxylation is 1. The summed E-state index contributed by atoms with van der Waals surface area (Å²) in [5, 5.41) is 4.75. The van der Waals surface area contributed by atoms with E-state index in [-0.39, 0.29) is 11.0 Å². The number of hydrogen-bond acceptors (Lipinski definition) is 6. The molecular formula is C32H29N5O2S. The van der Waals surface area contributed by atoms with E-state index >= 15 is 0 Å². The lowest BCUT2D eigenvalue weighted by Gasteiger charge is -2.18. The predicted octanol–water partition coefficient (Wildman–Crippen LogP) is 7.33. The summed E-state index contributed by atoms with van der Waals surface area (Å²) < 4.78 is 7.24. The van der Waals surface area contributed by atoms with Crippen molar-refractivity contribution in [3.05, 3.63) is 112 Å². The predicted molar refractivity (Wildman–Crippen MR) is 160 cm³/mol. The molecule has 0 spiro atoms. The molecule has 6 rings (SSSR count). The van der Waals surface area contributed by atoms with E-state index in [1.807, 2.05) is 79.9 Å². The summed E-state index contributed by atoms with van der Waals surface area (Å²) in [7, 11) is 0. The van der Waals surface area contributed by atoms with Gasteiger partial charge in [-0.15, -0.1) is 0 Å². The summed E-state index contributed by atoms with van der Waals surface area (Å²) >= 11 is 1.39. The lowest BCUT2D eigenvalue weighted by molar-refractivity contribution is 0.391. The van der Waals surface area contributed by atoms with Crippen LogP contribution in [0, 0.1) is 6.92 Å². The molecule has 8 heteroatoms. The van der Waals surface area contributed by atoms with Crippen molar-refractivity contribution < 1.29 is 4.52 Å². The molecule has 7 nitrogen and oxygen atoms in total. The number of nitrogens with one attached hydrogen (secondary N) is 1. The lowest BCUT2D eigenvalue weighted by Crippen LogP contribution is -2.22. The third-order valence-corrected chi connectivity index (χ3v) is 7.74. The van der Waals surface area contributed by atoms with Gasteiger partial charge in [-0.2, -0.15) is 4.98 Å².